The van der Waals surface area contributed by atoms with Crippen molar-refractivity contribution in [1.29, 1.82) is 0 Å². The van der Waals surface area contributed by atoms with E-state index >= 15 is 0 Å². The molecule has 1 atom stereocenters. The molecule has 2 amide bonds. The van der Waals surface area contributed by atoms with Crippen LogP contribution < -0.4 is 5.32 Å². The molecule has 0 saturated carbocycles. The smallest absolute Gasteiger partial charge is 0.323 e. The monoisotopic (exact) mass is 321 g/mol. The lowest BCUT2D eigenvalue weighted by Gasteiger charge is -2.28. The minimum atomic E-state index is -0.320. The number of nitrogens with zero attached hydrogens (tertiary/aromatic N) is 4. The molecule has 0 radical (unpaired) electrons. The van der Waals surface area contributed by atoms with Gasteiger partial charge in [-0.15, -0.1) is 5.10 Å². The van der Waals surface area contributed by atoms with E-state index in [4.69, 9.17) is 4.74 Å². The van der Waals surface area contributed by atoms with Gasteiger partial charge in [-0.1, -0.05) is 17.3 Å². The second-order valence-corrected chi connectivity index (χ2v) is 5.27. The van der Waals surface area contributed by atoms with Gasteiger partial charge < -0.3 is 9.64 Å². The number of amides is 2. The Morgan fingerprint density at radius 1 is 1.43 bits per heavy atom. The number of hydrogen-bond donors (Lipinski definition) is 1. The molecule has 1 N–H and O–H groups in total. The zero-order chi connectivity index (χ0) is 16.8. The van der Waals surface area contributed by atoms with E-state index in [1.54, 1.807) is 37.4 Å². The van der Waals surface area contributed by atoms with Crippen LogP contribution in [0.3, 0.4) is 0 Å². The molecule has 0 aliphatic rings. The van der Waals surface area contributed by atoms with Gasteiger partial charge in [0.05, 0.1) is 18.8 Å². The van der Waals surface area contributed by atoms with E-state index in [1.165, 1.54) is 16.8 Å². The van der Waals surface area contributed by atoms with Crippen molar-refractivity contribution in [2.24, 2.45) is 7.05 Å². The molecule has 0 aliphatic heterocycles. The standard InChI is InChI=1S/C15H20FN5O2/c1-11(10-23-3)21(8-12-4-6-13(16)7-5-12)15(22)17-14-9-20(2)19-18-14/h4-7,9,11H,8,10H2,1-3H3,(H,17,22). The Labute approximate surface area is 134 Å². The minimum Gasteiger partial charge on any atom is -0.383 e. The van der Waals surface area contributed by atoms with Crippen molar-refractivity contribution in [2.75, 3.05) is 19.0 Å². The molecular weight excluding hydrogens is 301 g/mol. The fourth-order valence-electron chi connectivity index (χ4n) is 2.13. The zero-order valence-electron chi connectivity index (χ0n) is 13.4. The molecule has 1 heterocycles. The lowest BCUT2D eigenvalue weighted by molar-refractivity contribution is 0.113. The summed E-state index contributed by atoms with van der Waals surface area (Å²) >= 11 is 0. The summed E-state index contributed by atoms with van der Waals surface area (Å²) in [5.74, 6) is 0.0560. The molecule has 23 heavy (non-hydrogen) atoms. The predicted octanol–water partition coefficient (Wildman–Crippen LogP) is 2.02. The van der Waals surface area contributed by atoms with Crippen LogP contribution in [-0.4, -0.2) is 45.7 Å². The van der Waals surface area contributed by atoms with E-state index in [0.29, 0.717) is 19.0 Å². The summed E-state index contributed by atoms with van der Waals surface area (Å²) in [7, 11) is 3.29. The van der Waals surface area contributed by atoms with Crippen LogP contribution in [0, 0.1) is 5.82 Å². The summed E-state index contributed by atoms with van der Waals surface area (Å²) in [5.41, 5.74) is 0.823. The maximum atomic E-state index is 13.0. The van der Waals surface area contributed by atoms with Crippen molar-refractivity contribution in [2.45, 2.75) is 19.5 Å². The Balaban J connectivity index is 2.12. The average molecular weight is 321 g/mol. The normalized spacial score (nSPS) is 12.0. The Hall–Kier alpha value is -2.48. The Morgan fingerprint density at radius 2 is 2.13 bits per heavy atom. The van der Waals surface area contributed by atoms with Crippen LogP contribution >= 0.6 is 0 Å². The molecule has 8 heteroatoms. The first-order valence-corrected chi connectivity index (χ1v) is 7.17. The third-order valence-corrected chi connectivity index (χ3v) is 3.30. The predicted molar refractivity (Wildman–Crippen MR) is 83.3 cm³/mol. The highest BCUT2D eigenvalue weighted by Gasteiger charge is 2.21. The second-order valence-electron chi connectivity index (χ2n) is 5.27. The second kappa shape index (κ2) is 7.68. The number of nitrogens with one attached hydrogen (secondary N) is 1. The van der Waals surface area contributed by atoms with E-state index in [-0.39, 0.29) is 17.9 Å². The molecule has 2 aromatic rings. The molecule has 2 rings (SSSR count). The Kier molecular flexibility index (Phi) is 5.64. The molecular formula is C15H20FN5O2. The Bertz CT molecular complexity index is 644. The highest BCUT2D eigenvalue weighted by molar-refractivity contribution is 5.88. The number of aromatic nitrogens is 3. The van der Waals surface area contributed by atoms with Gasteiger partial charge in [0, 0.05) is 20.7 Å². The van der Waals surface area contributed by atoms with Crippen LogP contribution in [0.5, 0.6) is 0 Å². The first-order valence-electron chi connectivity index (χ1n) is 7.17. The maximum absolute atomic E-state index is 13.0. The summed E-state index contributed by atoms with van der Waals surface area (Å²) in [6.07, 6.45) is 1.61. The van der Waals surface area contributed by atoms with Crippen molar-refractivity contribution in [3.05, 3.63) is 41.8 Å². The molecule has 124 valence electrons. The molecule has 0 saturated heterocycles. The fourth-order valence-corrected chi connectivity index (χ4v) is 2.13. The van der Waals surface area contributed by atoms with Crippen molar-refractivity contribution >= 4 is 11.8 Å². The van der Waals surface area contributed by atoms with Gasteiger partial charge in [-0.2, -0.15) is 0 Å². The highest BCUT2D eigenvalue weighted by Crippen LogP contribution is 2.12. The van der Waals surface area contributed by atoms with Crippen LogP contribution in [-0.2, 0) is 18.3 Å². The lowest BCUT2D eigenvalue weighted by Crippen LogP contribution is -2.43. The average Bonchev–Trinajstić information content (AvgIpc) is 2.91. The number of rotatable bonds is 6. The zero-order valence-corrected chi connectivity index (χ0v) is 13.4. The summed E-state index contributed by atoms with van der Waals surface area (Å²) in [4.78, 5) is 14.1. The first kappa shape index (κ1) is 16.9. The number of carbonyl (C=O) groups excluding carboxylic acids is 1. The molecule has 0 bridgehead atoms. The SMILES string of the molecule is COCC(C)N(Cc1ccc(F)cc1)C(=O)Nc1cn(C)nn1. The molecule has 0 aliphatic carbocycles. The van der Waals surface area contributed by atoms with Gasteiger partial charge in [0.15, 0.2) is 5.82 Å². The molecule has 1 aromatic carbocycles. The van der Waals surface area contributed by atoms with Crippen molar-refractivity contribution < 1.29 is 13.9 Å². The van der Waals surface area contributed by atoms with Crippen LogP contribution in [0.2, 0.25) is 0 Å². The van der Waals surface area contributed by atoms with Gasteiger partial charge in [0.1, 0.15) is 5.82 Å². The van der Waals surface area contributed by atoms with Gasteiger partial charge >= 0.3 is 6.03 Å². The number of hydrogen-bond acceptors (Lipinski definition) is 4. The Morgan fingerprint density at radius 3 is 2.70 bits per heavy atom. The largest absolute Gasteiger partial charge is 0.383 e. The van der Waals surface area contributed by atoms with E-state index in [1.807, 2.05) is 6.92 Å². The van der Waals surface area contributed by atoms with Gasteiger partial charge in [-0.25, -0.2) is 9.18 Å². The van der Waals surface area contributed by atoms with E-state index in [2.05, 4.69) is 15.6 Å². The first-order chi connectivity index (χ1) is 11.0. The molecule has 0 spiro atoms. The summed E-state index contributed by atoms with van der Waals surface area (Å²) in [5, 5.41) is 10.3. The number of halogens is 1. The number of ether oxygens (including phenoxy) is 1. The number of anilines is 1. The van der Waals surface area contributed by atoms with Crippen molar-refractivity contribution in [3.8, 4) is 0 Å². The van der Waals surface area contributed by atoms with Crippen molar-refractivity contribution in [3.63, 3.8) is 0 Å². The van der Waals surface area contributed by atoms with E-state index < -0.39 is 0 Å². The van der Waals surface area contributed by atoms with E-state index in [9.17, 15) is 9.18 Å². The van der Waals surface area contributed by atoms with Crippen LogP contribution in [0.4, 0.5) is 15.0 Å². The van der Waals surface area contributed by atoms with Gasteiger partial charge in [-0.3, -0.25) is 10.00 Å². The third kappa shape index (κ3) is 4.75. The maximum Gasteiger partial charge on any atom is 0.323 e. The number of urea groups is 1. The highest BCUT2D eigenvalue weighted by atomic mass is 19.1. The van der Waals surface area contributed by atoms with Crippen molar-refractivity contribution in [1.82, 2.24) is 19.9 Å². The number of carbonyl (C=O) groups is 1. The van der Waals surface area contributed by atoms with Gasteiger partial charge in [0.25, 0.3) is 0 Å². The van der Waals surface area contributed by atoms with Gasteiger partial charge in [-0.05, 0) is 24.6 Å². The van der Waals surface area contributed by atoms with E-state index in [0.717, 1.165) is 5.56 Å². The summed E-state index contributed by atoms with van der Waals surface area (Å²) in [6, 6.07) is 5.56. The topological polar surface area (TPSA) is 72.3 Å². The summed E-state index contributed by atoms with van der Waals surface area (Å²) < 4.78 is 19.7. The molecule has 7 nitrogen and oxygen atoms in total. The van der Waals surface area contributed by atoms with Crippen LogP contribution in [0.15, 0.2) is 30.5 Å². The molecule has 1 unspecified atom stereocenters. The lowest BCUT2D eigenvalue weighted by atomic mass is 10.2. The van der Waals surface area contributed by atoms with Gasteiger partial charge in [0.2, 0.25) is 0 Å². The quantitative estimate of drug-likeness (QED) is 0.883. The third-order valence-electron chi connectivity index (χ3n) is 3.30. The number of methoxy groups -OCH3 is 1. The van der Waals surface area contributed by atoms with Crippen LogP contribution in [0.25, 0.3) is 0 Å². The summed E-state index contributed by atoms with van der Waals surface area (Å²) in [6.45, 7) is 2.59. The number of benzene rings is 1. The number of aryl methyl sites for hydroxylation is 1. The fraction of sp³-hybridized carbons (Fsp3) is 0.400. The molecule has 0 fully saturated rings. The molecule has 1 aromatic heterocycles. The van der Waals surface area contributed by atoms with Crippen LogP contribution in [0.1, 0.15) is 12.5 Å². The minimum absolute atomic E-state index is 0.165.